The molecule has 0 saturated carbocycles. The zero-order valence-electron chi connectivity index (χ0n) is 24.5. The molecule has 0 radical (unpaired) electrons. The van der Waals surface area contributed by atoms with E-state index in [1.807, 2.05) is 45.0 Å². The molecule has 0 saturated heterocycles. The number of aryl methyl sites for hydroxylation is 2. The van der Waals surface area contributed by atoms with Gasteiger partial charge in [0.15, 0.2) is 11.5 Å². The van der Waals surface area contributed by atoms with Gasteiger partial charge in [-0.05, 0) is 62.6 Å². The molecule has 2 amide bonds. The second-order valence-electron chi connectivity index (χ2n) is 9.78. The maximum absolute atomic E-state index is 14.1. The number of amides is 2. The van der Waals surface area contributed by atoms with Crippen LogP contribution in [0.4, 0.5) is 5.69 Å². The van der Waals surface area contributed by atoms with E-state index in [-0.39, 0.29) is 23.0 Å². The van der Waals surface area contributed by atoms with E-state index in [0.29, 0.717) is 18.0 Å². The van der Waals surface area contributed by atoms with Crippen molar-refractivity contribution in [2.75, 3.05) is 31.6 Å². The van der Waals surface area contributed by atoms with Gasteiger partial charge in [-0.2, -0.15) is 0 Å². The fraction of sp³-hybridized carbons (Fsp3) is 0.355. The number of rotatable bonds is 13. The van der Waals surface area contributed by atoms with E-state index in [2.05, 4.69) is 5.32 Å². The number of ether oxygens (including phenoxy) is 2. The van der Waals surface area contributed by atoms with Crippen LogP contribution in [0.1, 0.15) is 37.0 Å². The molecule has 0 heterocycles. The Morgan fingerprint density at radius 1 is 0.927 bits per heavy atom. The van der Waals surface area contributed by atoms with Crippen LogP contribution in [0.3, 0.4) is 0 Å². The Hall–Kier alpha value is -4.05. The Balaban J connectivity index is 2.09. The summed E-state index contributed by atoms with van der Waals surface area (Å²) in [6.07, 6.45) is 0.742. The van der Waals surface area contributed by atoms with Gasteiger partial charge in [-0.25, -0.2) is 8.42 Å². The van der Waals surface area contributed by atoms with Crippen molar-refractivity contribution in [2.45, 2.75) is 51.6 Å². The molecule has 1 N–H and O–H groups in total. The molecule has 0 aliphatic rings. The number of sulfonamides is 1. The fourth-order valence-electron chi connectivity index (χ4n) is 4.30. The van der Waals surface area contributed by atoms with Crippen LogP contribution in [-0.4, -0.2) is 58.5 Å². The van der Waals surface area contributed by atoms with Gasteiger partial charge in [-0.3, -0.25) is 13.9 Å². The summed E-state index contributed by atoms with van der Waals surface area (Å²) in [5.74, 6) is -0.117. The molecule has 9 nitrogen and oxygen atoms in total. The SMILES string of the molecule is CCCNC(=O)[C@@H](C)N(Cc1ccccc1C)C(=O)CN(c1ccc(OC)c(OC)c1)S(=O)(=O)c1ccc(C)cc1. The highest BCUT2D eigenvalue weighted by atomic mass is 32.2. The Morgan fingerprint density at radius 2 is 1.59 bits per heavy atom. The quantitative estimate of drug-likeness (QED) is 0.320. The molecule has 220 valence electrons. The van der Waals surface area contributed by atoms with E-state index in [1.165, 1.54) is 37.3 Å². The number of carbonyl (C=O) groups excluding carboxylic acids is 2. The van der Waals surface area contributed by atoms with Crippen LogP contribution >= 0.6 is 0 Å². The fourth-order valence-corrected chi connectivity index (χ4v) is 5.70. The molecule has 3 aromatic carbocycles. The van der Waals surface area contributed by atoms with Gasteiger partial charge in [0.25, 0.3) is 10.0 Å². The van der Waals surface area contributed by atoms with Gasteiger partial charge in [0.05, 0.1) is 24.8 Å². The van der Waals surface area contributed by atoms with Crippen molar-refractivity contribution >= 4 is 27.5 Å². The van der Waals surface area contributed by atoms with Crippen molar-refractivity contribution in [3.8, 4) is 11.5 Å². The summed E-state index contributed by atoms with van der Waals surface area (Å²) in [6.45, 7) is 7.45. The van der Waals surface area contributed by atoms with Gasteiger partial charge >= 0.3 is 0 Å². The number of nitrogens with one attached hydrogen (secondary N) is 1. The van der Waals surface area contributed by atoms with Crippen LogP contribution < -0.4 is 19.1 Å². The normalized spacial score (nSPS) is 11.9. The Labute approximate surface area is 243 Å². The first kappa shape index (κ1) is 31.5. The molecule has 0 aliphatic heterocycles. The summed E-state index contributed by atoms with van der Waals surface area (Å²) in [7, 11) is -1.26. The molecule has 41 heavy (non-hydrogen) atoms. The molecule has 0 bridgehead atoms. The van der Waals surface area contributed by atoms with Gasteiger partial charge in [-0.15, -0.1) is 0 Å². The first-order chi connectivity index (χ1) is 19.5. The van der Waals surface area contributed by atoms with Crippen molar-refractivity contribution in [3.05, 3.63) is 83.4 Å². The molecule has 0 aliphatic carbocycles. The number of benzene rings is 3. The Kier molecular flexibility index (Phi) is 10.8. The van der Waals surface area contributed by atoms with E-state index < -0.39 is 28.5 Å². The van der Waals surface area contributed by atoms with Crippen LogP contribution in [0.25, 0.3) is 0 Å². The summed E-state index contributed by atoms with van der Waals surface area (Å²) in [5.41, 5.74) is 2.93. The van der Waals surface area contributed by atoms with Crippen LogP contribution in [0.2, 0.25) is 0 Å². The van der Waals surface area contributed by atoms with Crippen LogP contribution in [0, 0.1) is 13.8 Å². The second kappa shape index (κ2) is 14.0. The number of methoxy groups -OCH3 is 2. The van der Waals surface area contributed by atoms with Crippen molar-refractivity contribution in [1.29, 1.82) is 0 Å². The smallest absolute Gasteiger partial charge is 0.264 e. The molecule has 1 atom stereocenters. The van der Waals surface area contributed by atoms with Crippen molar-refractivity contribution < 1.29 is 27.5 Å². The van der Waals surface area contributed by atoms with E-state index in [0.717, 1.165) is 27.4 Å². The molecule has 0 unspecified atom stereocenters. The predicted molar refractivity (Wildman–Crippen MR) is 160 cm³/mol. The van der Waals surface area contributed by atoms with Gasteiger partial charge in [0.2, 0.25) is 11.8 Å². The molecular weight excluding hydrogens is 542 g/mol. The van der Waals surface area contributed by atoms with E-state index in [1.54, 1.807) is 31.2 Å². The molecule has 0 fully saturated rings. The van der Waals surface area contributed by atoms with Gasteiger partial charge < -0.3 is 19.7 Å². The monoisotopic (exact) mass is 581 g/mol. The lowest BCUT2D eigenvalue weighted by Gasteiger charge is -2.32. The maximum atomic E-state index is 14.1. The number of hydrogen-bond acceptors (Lipinski definition) is 6. The molecular formula is C31H39N3O6S. The summed E-state index contributed by atoms with van der Waals surface area (Å²) in [4.78, 5) is 28.5. The third-order valence-electron chi connectivity index (χ3n) is 6.86. The zero-order valence-corrected chi connectivity index (χ0v) is 25.3. The minimum atomic E-state index is -4.20. The number of hydrogen-bond donors (Lipinski definition) is 1. The highest BCUT2D eigenvalue weighted by molar-refractivity contribution is 7.92. The van der Waals surface area contributed by atoms with Gasteiger partial charge in [0, 0.05) is 19.2 Å². The number of nitrogens with zero attached hydrogens (tertiary/aromatic N) is 2. The lowest BCUT2D eigenvalue weighted by Crippen LogP contribution is -2.51. The topological polar surface area (TPSA) is 105 Å². The van der Waals surface area contributed by atoms with E-state index in [4.69, 9.17) is 9.47 Å². The zero-order chi connectivity index (χ0) is 30.2. The van der Waals surface area contributed by atoms with Crippen LogP contribution in [-0.2, 0) is 26.2 Å². The Morgan fingerprint density at radius 3 is 2.20 bits per heavy atom. The third-order valence-corrected chi connectivity index (χ3v) is 8.65. The van der Waals surface area contributed by atoms with Crippen LogP contribution in [0.15, 0.2) is 71.6 Å². The van der Waals surface area contributed by atoms with Gasteiger partial charge in [0.1, 0.15) is 12.6 Å². The van der Waals surface area contributed by atoms with Crippen LogP contribution in [0.5, 0.6) is 11.5 Å². The first-order valence-electron chi connectivity index (χ1n) is 13.5. The summed E-state index contributed by atoms with van der Waals surface area (Å²) in [6, 6.07) is 17.8. The molecule has 3 rings (SSSR count). The summed E-state index contributed by atoms with van der Waals surface area (Å²) < 4.78 is 39.8. The lowest BCUT2D eigenvalue weighted by molar-refractivity contribution is -0.139. The number of carbonyl (C=O) groups is 2. The largest absolute Gasteiger partial charge is 0.493 e. The standard InChI is InChI=1S/C31H39N3O6S/c1-7-18-32-31(36)24(4)33(20-25-11-9-8-10-23(25)3)30(35)21-34(26-14-17-28(39-5)29(19-26)40-6)41(37,38)27-15-12-22(2)13-16-27/h8-17,19,24H,7,18,20-21H2,1-6H3,(H,32,36)/t24-/m1/s1. The average molecular weight is 582 g/mol. The third kappa shape index (κ3) is 7.58. The predicted octanol–water partition coefficient (Wildman–Crippen LogP) is 4.46. The highest BCUT2D eigenvalue weighted by Gasteiger charge is 2.33. The second-order valence-corrected chi connectivity index (χ2v) is 11.6. The van der Waals surface area contributed by atoms with E-state index >= 15 is 0 Å². The highest BCUT2D eigenvalue weighted by Crippen LogP contribution is 2.34. The summed E-state index contributed by atoms with van der Waals surface area (Å²) >= 11 is 0. The van der Waals surface area contributed by atoms with Crippen molar-refractivity contribution in [3.63, 3.8) is 0 Å². The minimum absolute atomic E-state index is 0.0323. The van der Waals surface area contributed by atoms with E-state index in [9.17, 15) is 18.0 Å². The minimum Gasteiger partial charge on any atom is -0.493 e. The maximum Gasteiger partial charge on any atom is 0.264 e. The first-order valence-corrected chi connectivity index (χ1v) is 14.9. The van der Waals surface area contributed by atoms with Gasteiger partial charge in [-0.1, -0.05) is 48.9 Å². The molecule has 10 heteroatoms. The van der Waals surface area contributed by atoms with Crippen molar-refractivity contribution in [1.82, 2.24) is 10.2 Å². The molecule has 3 aromatic rings. The average Bonchev–Trinajstić information content (AvgIpc) is 2.97. The molecule has 0 aromatic heterocycles. The summed E-state index contributed by atoms with van der Waals surface area (Å²) in [5, 5.41) is 2.85. The molecule has 0 spiro atoms. The lowest BCUT2D eigenvalue weighted by atomic mass is 10.1. The Bertz CT molecular complexity index is 1460. The number of anilines is 1. The van der Waals surface area contributed by atoms with Crippen molar-refractivity contribution in [2.24, 2.45) is 0 Å².